The number of aromatic nitrogens is 2. The van der Waals surface area contributed by atoms with Crippen LogP contribution in [0.25, 0.3) is 11.1 Å². The number of carboxylic acid groups (broad SMARTS) is 1. The maximum atomic E-state index is 12.4. The van der Waals surface area contributed by atoms with Crippen LogP contribution in [0.15, 0.2) is 10.6 Å². The third-order valence-corrected chi connectivity index (χ3v) is 3.84. The van der Waals surface area contributed by atoms with Gasteiger partial charge in [-0.3, -0.25) is 9.59 Å². The predicted molar refractivity (Wildman–Crippen MR) is 88.9 cm³/mol. The van der Waals surface area contributed by atoms with Gasteiger partial charge in [0.1, 0.15) is 0 Å². The molecule has 0 radical (unpaired) electrons. The number of aryl methyl sites for hydroxylation is 2. The molecule has 0 bridgehead atoms. The molecule has 0 unspecified atom stereocenters. The number of pyridine rings is 1. The van der Waals surface area contributed by atoms with Gasteiger partial charge in [0.05, 0.1) is 16.6 Å². The fourth-order valence-corrected chi connectivity index (χ4v) is 2.63. The van der Waals surface area contributed by atoms with Gasteiger partial charge in [0.25, 0.3) is 11.6 Å². The summed E-state index contributed by atoms with van der Waals surface area (Å²) in [6.45, 7) is 4.19. The van der Waals surface area contributed by atoms with E-state index >= 15 is 0 Å². The molecule has 0 aliphatic rings. The van der Waals surface area contributed by atoms with Crippen molar-refractivity contribution >= 4 is 23.0 Å². The number of rotatable bonds is 9. The van der Waals surface area contributed by atoms with Gasteiger partial charge in [-0.2, -0.15) is 0 Å². The maximum absolute atomic E-state index is 12.4. The molecule has 2 aromatic heterocycles. The number of carboxylic acids is 1. The van der Waals surface area contributed by atoms with Crippen LogP contribution in [0.2, 0.25) is 0 Å². The van der Waals surface area contributed by atoms with E-state index in [0.29, 0.717) is 41.0 Å². The van der Waals surface area contributed by atoms with Crippen LogP contribution in [0.4, 0.5) is 0 Å². The minimum Gasteiger partial charge on any atom is -0.481 e. The molecular formula is C17H23N3O4. The summed E-state index contributed by atoms with van der Waals surface area (Å²) in [4.78, 5) is 27.0. The van der Waals surface area contributed by atoms with Gasteiger partial charge in [0.15, 0.2) is 0 Å². The molecule has 0 saturated heterocycles. The van der Waals surface area contributed by atoms with Crippen LogP contribution in [0.5, 0.6) is 0 Å². The van der Waals surface area contributed by atoms with Crippen molar-refractivity contribution in [1.29, 1.82) is 0 Å². The second-order valence-corrected chi connectivity index (χ2v) is 5.93. The Morgan fingerprint density at radius 1 is 1.17 bits per heavy atom. The first kappa shape index (κ1) is 17.9. The van der Waals surface area contributed by atoms with Gasteiger partial charge in [0.2, 0.25) is 0 Å². The number of hydrogen-bond acceptors (Lipinski definition) is 5. The molecule has 0 saturated carbocycles. The summed E-state index contributed by atoms with van der Waals surface area (Å²) in [5.41, 5.74) is 2.29. The highest BCUT2D eigenvalue weighted by Crippen LogP contribution is 2.21. The van der Waals surface area contributed by atoms with Crippen molar-refractivity contribution in [3.05, 3.63) is 23.0 Å². The van der Waals surface area contributed by atoms with E-state index < -0.39 is 5.97 Å². The van der Waals surface area contributed by atoms with Crippen molar-refractivity contribution in [2.45, 2.75) is 52.4 Å². The van der Waals surface area contributed by atoms with Crippen LogP contribution in [0.1, 0.15) is 60.3 Å². The molecular weight excluding hydrogens is 310 g/mol. The Balaban J connectivity index is 1.79. The first-order valence-corrected chi connectivity index (χ1v) is 8.22. The molecule has 1 amide bonds. The molecule has 2 heterocycles. The fraction of sp³-hybridized carbons (Fsp3) is 0.529. The average molecular weight is 333 g/mol. The highest BCUT2D eigenvalue weighted by molar-refractivity contribution is 6.05. The Kier molecular flexibility index (Phi) is 6.28. The van der Waals surface area contributed by atoms with Crippen molar-refractivity contribution in [2.24, 2.45) is 0 Å². The van der Waals surface area contributed by atoms with Crippen LogP contribution in [-0.4, -0.2) is 33.7 Å². The molecule has 2 rings (SSSR count). The highest BCUT2D eigenvalue weighted by atomic mass is 16.5. The summed E-state index contributed by atoms with van der Waals surface area (Å²) in [6, 6.07) is 1.74. The van der Waals surface area contributed by atoms with Crippen molar-refractivity contribution in [3.63, 3.8) is 0 Å². The quantitative estimate of drug-likeness (QED) is 0.683. The second-order valence-electron chi connectivity index (χ2n) is 5.93. The SMILES string of the molecule is Cc1cc(C(=O)NCCCCCCCC(=O)O)c2c(C)noc2n1. The number of carbonyl (C=O) groups is 2. The largest absolute Gasteiger partial charge is 0.481 e. The van der Waals surface area contributed by atoms with E-state index in [1.165, 1.54) is 0 Å². The third-order valence-electron chi connectivity index (χ3n) is 3.84. The van der Waals surface area contributed by atoms with Crippen molar-refractivity contribution in [2.75, 3.05) is 6.54 Å². The van der Waals surface area contributed by atoms with Gasteiger partial charge in [-0.25, -0.2) is 4.98 Å². The molecule has 0 atom stereocenters. The van der Waals surface area contributed by atoms with E-state index in [4.69, 9.17) is 9.63 Å². The Bertz CT molecular complexity index is 724. The smallest absolute Gasteiger partial charge is 0.303 e. The van der Waals surface area contributed by atoms with Crippen LogP contribution in [0, 0.1) is 13.8 Å². The minimum absolute atomic E-state index is 0.150. The molecule has 0 spiro atoms. The normalized spacial score (nSPS) is 10.9. The predicted octanol–water partition coefficient (Wildman–Crippen LogP) is 2.99. The van der Waals surface area contributed by atoms with Crippen LogP contribution >= 0.6 is 0 Å². The summed E-state index contributed by atoms with van der Waals surface area (Å²) < 4.78 is 5.13. The number of hydrogen-bond donors (Lipinski definition) is 2. The fourth-order valence-electron chi connectivity index (χ4n) is 2.63. The molecule has 24 heavy (non-hydrogen) atoms. The molecule has 0 fully saturated rings. The van der Waals surface area contributed by atoms with Gasteiger partial charge in [-0.1, -0.05) is 24.4 Å². The lowest BCUT2D eigenvalue weighted by molar-refractivity contribution is -0.137. The Morgan fingerprint density at radius 2 is 1.88 bits per heavy atom. The van der Waals surface area contributed by atoms with Crippen LogP contribution in [0.3, 0.4) is 0 Å². The van der Waals surface area contributed by atoms with Crippen LogP contribution in [-0.2, 0) is 4.79 Å². The average Bonchev–Trinajstić information content (AvgIpc) is 2.89. The molecule has 0 aromatic carbocycles. The number of nitrogens with one attached hydrogen (secondary N) is 1. The van der Waals surface area contributed by atoms with Gasteiger partial charge >= 0.3 is 5.97 Å². The molecule has 7 nitrogen and oxygen atoms in total. The first-order chi connectivity index (χ1) is 11.5. The zero-order valence-electron chi connectivity index (χ0n) is 14.1. The van der Waals surface area contributed by atoms with E-state index in [0.717, 1.165) is 25.7 Å². The Morgan fingerprint density at radius 3 is 2.62 bits per heavy atom. The summed E-state index contributed by atoms with van der Waals surface area (Å²) in [5.74, 6) is -0.895. The number of nitrogens with zero attached hydrogens (tertiary/aromatic N) is 2. The number of aliphatic carboxylic acids is 1. The van der Waals surface area contributed by atoms with Gasteiger partial charge in [-0.15, -0.1) is 0 Å². The van der Waals surface area contributed by atoms with Gasteiger partial charge < -0.3 is 14.9 Å². The third kappa shape index (κ3) is 4.78. The second kappa shape index (κ2) is 8.42. The number of carbonyl (C=O) groups excluding carboxylic acids is 1. The van der Waals surface area contributed by atoms with Crippen molar-refractivity contribution in [3.8, 4) is 0 Å². The lowest BCUT2D eigenvalue weighted by Gasteiger charge is -2.07. The summed E-state index contributed by atoms with van der Waals surface area (Å²) in [6.07, 6.45) is 4.66. The molecule has 2 aromatic rings. The molecule has 7 heteroatoms. The van der Waals surface area contributed by atoms with E-state index in [9.17, 15) is 9.59 Å². The summed E-state index contributed by atoms with van der Waals surface area (Å²) in [7, 11) is 0. The summed E-state index contributed by atoms with van der Waals surface area (Å²) >= 11 is 0. The first-order valence-electron chi connectivity index (χ1n) is 8.22. The Labute approximate surface area is 140 Å². The summed E-state index contributed by atoms with van der Waals surface area (Å²) in [5, 5.41) is 16.0. The number of unbranched alkanes of at least 4 members (excludes halogenated alkanes) is 4. The van der Waals surface area contributed by atoms with Gasteiger partial charge in [0, 0.05) is 18.7 Å². The monoisotopic (exact) mass is 333 g/mol. The Hall–Kier alpha value is -2.44. The standard InChI is InChI=1S/C17H23N3O4/c1-11-10-13(15-12(2)20-24-17(15)19-11)16(23)18-9-7-5-3-4-6-8-14(21)22/h10H,3-9H2,1-2H3,(H,18,23)(H,21,22). The zero-order chi connectivity index (χ0) is 17.5. The van der Waals surface area contributed by atoms with Crippen LogP contribution < -0.4 is 5.32 Å². The maximum Gasteiger partial charge on any atom is 0.303 e. The van der Waals surface area contributed by atoms with Gasteiger partial charge in [-0.05, 0) is 32.8 Å². The number of fused-ring (bicyclic) bond motifs is 1. The van der Waals surface area contributed by atoms with E-state index in [1.807, 2.05) is 6.92 Å². The van der Waals surface area contributed by atoms with E-state index in [-0.39, 0.29) is 12.3 Å². The molecule has 0 aliphatic carbocycles. The van der Waals surface area contributed by atoms with Crippen molar-refractivity contribution < 1.29 is 19.2 Å². The lowest BCUT2D eigenvalue weighted by atomic mass is 10.1. The lowest BCUT2D eigenvalue weighted by Crippen LogP contribution is -2.25. The van der Waals surface area contributed by atoms with E-state index in [1.54, 1.807) is 13.0 Å². The molecule has 2 N–H and O–H groups in total. The van der Waals surface area contributed by atoms with E-state index in [2.05, 4.69) is 15.5 Å². The topological polar surface area (TPSA) is 105 Å². The minimum atomic E-state index is -0.745. The van der Waals surface area contributed by atoms with Crippen molar-refractivity contribution in [1.82, 2.24) is 15.5 Å². The molecule has 0 aliphatic heterocycles. The molecule has 130 valence electrons. The number of amides is 1. The highest BCUT2D eigenvalue weighted by Gasteiger charge is 2.17. The zero-order valence-corrected chi connectivity index (χ0v) is 14.1.